The molecule has 0 aliphatic rings. The Kier molecular flexibility index (Phi) is 7.54. The van der Waals surface area contributed by atoms with E-state index in [1.165, 1.54) is 0 Å². The molecule has 31 heavy (non-hydrogen) atoms. The van der Waals surface area contributed by atoms with E-state index in [0.29, 0.717) is 16.8 Å². The Bertz CT molecular complexity index is 1040. The van der Waals surface area contributed by atoms with Crippen molar-refractivity contribution in [2.45, 2.75) is 13.8 Å². The number of nitrogens with zero attached hydrogens (tertiary/aromatic N) is 2. The molecule has 0 aliphatic carbocycles. The van der Waals surface area contributed by atoms with Crippen LogP contribution in [0.15, 0.2) is 84.0 Å². The van der Waals surface area contributed by atoms with Crippen LogP contribution in [0, 0.1) is 0 Å². The summed E-state index contributed by atoms with van der Waals surface area (Å²) in [7, 11) is 0. The summed E-state index contributed by atoms with van der Waals surface area (Å²) in [5.41, 5.74) is 5.83. The van der Waals surface area contributed by atoms with Crippen molar-refractivity contribution < 1.29 is 9.59 Å². The van der Waals surface area contributed by atoms with Crippen LogP contribution in [0.2, 0.25) is 0 Å². The minimum absolute atomic E-state index is 0.280. The maximum atomic E-state index is 12.6. The van der Waals surface area contributed by atoms with E-state index < -0.39 is 5.91 Å². The van der Waals surface area contributed by atoms with E-state index in [9.17, 15) is 9.59 Å². The Morgan fingerprint density at radius 1 is 0.839 bits per heavy atom. The molecular formula is C25H26N4O2. The molecule has 0 saturated heterocycles. The number of hydrazone groups is 1. The highest BCUT2D eigenvalue weighted by Crippen LogP contribution is 2.17. The summed E-state index contributed by atoms with van der Waals surface area (Å²) in [5.74, 6) is -0.683. The van der Waals surface area contributed by atoms with Crippen molar-refractivity contribution in [1.29, 1.82) is 0 Å². The van der Waals surface area contributed by atoms with Crippen molar-refractivity contribution in [2.75, 3.05) is 23.3 Å². The average molecular weight is 415 g/mol. The summed E-state index contributed by atoms with van der Waals surface area (Å²) in [6.07, 6.45) is 1.59. The van der Waals surface area contributed by atoms with Crippen LogP contribution in [0.25, 0.3) is 0 Å². The van der Waals surface area contributed by atoms with Gasteiger partial charge < -0.3 is 10.2 Å². The van der Waals surface area contributed by atoms with E-state index in [1.54, 1.807) is 54.7 Å². The second-order valence-electron chi connectivity index (χ2n) is 6.83. The lowest BCUT2D eigenvalue weighted by atomic mass is 10.1. The van der Waals surface area contributed by atoms with Crippen LogP contribution in [-0.2, 0) is 0 Å². The van der Waals surface area contributed by atoms with E-state index in [-0.39, 0.29) is 5.91 Å². The first-order chi connectivity index (χ1) is 15.1. The molecule has 0 aromatic heterocycles. The van der Waals surface area contributed by atoms with E-state index in [4.69, 9.17) is 0 Å². The Morgan fingerprint density at radius 3 is 2.16 bits per heavy atom. The zero-order chi connectivity index (χ0) is 22.1. The fourth-order valence-corrected chi connectivity index (χ4v) is 3.16. The number of anilines is 2. The molecule has 0 atom stereocenters. The van der Waals surface area contributed by atoms with Crippen LogP contribution in [0.4, 0.5) is 11.4 Å². The highest BCUT2D eigenvalue weighted by atomic mass is 16.2. The Hall–Kier alpha value is -3.93. The van der Waals surface area contributed by atoms with Gasteiger partial charge in [-0.3, -0.25) is 9.59 Å². The first-order valence-corrected chi connectivity index (χ1v) is 10.3. The predicted octanol–water partition coefficient (Wildman–Crippen LogP) is 4.55. The monoisotopic (exact) mass is 414 g/mol. The van der Waals surface area contributed by atoms with Crippen LogP contribution in [0.3, 0.4) is 0 Å². The largest absolute Gasteiger partial charge is 0.372 e. The Morgan fingerprint density at radius 2 is 1.48 bits per heavy atom. The van der Waals surface area contributed by atoms with Gasteiger partial charge >= 0.3 is 0 Å². The third-order valence-corrected chi connectivity index (χ3v) is 4.86. The smallest absolute Gasteiger partial charge is 0.273 e. The molecule has 2 N–H and O–H groups in total. The highest BCUT2D eigenvalue weighted by Gasteiger charge is 2.13. The van der Waals surface area contributed by atoms with Crippen LogP contribution < -0.4 is 15.6 Å². The second kappa shape index (κ2) is 10.7. The Balaban J connectivity index is 1.65. The molecule has 0 fully saturated rings. The van der Waals surface area contributed by atoms with Gasteiger partial charge in [0.1, 0.15) is 0 Å². The molecule has 0 heterocycles. The number of nitrogens with one attached hydrogen (secondary N) is 2. The highest BCUT2D eigenvalue weighted by molar-refractivity contribution is 6.09. The fraction of sp³-hybridized carbons (Fsp3) is 0.160. The summed E-state index contributed by atoms with van der Waals surface area (Å²) < 4.78 is 0. The zero-order valence-corrected chi connectivity index (χ0v) is 17.7. The maximum absolute atomic E-state index is 12.6. The third-order valence-electron chi connectivity index (χ3n) is 4.86. The number of amides is 2. The number of para-hydroxylation sites is 1. The van der Waals surface area contributed by atoms with Gasteiger partial charge in [-0.1, -0.05) is 42.5 Å². The molecule has 0 spiro atoms. The van der Waals surface area contributed by atoms with Crippen molar-refractivity contribution in [3.63, 3.8) is 0 Å². The van der Waals surface area contributed by atoms with E-state index in [1.807, 2.05) is 30.3 Å². The molecule has 6 heteroatoms. The first kappa shape index (κ1) is 21.8. The lowest BCUT2D eigenvalue weighted by Crippen LogP contribution is -2.21. The minimum atomic E-state index is -0.403. The number of rotatable bonds is 8. The molecule has 3 aromatic carbocycles. The topological polar surface area (TPSA) is 73.8 Å². The van der Waals surface area contributed by atoms with Gasteiger partial charge in [-0.05, 0) is 55.8 Å². The van der Waals surface area contributed by atoms with Crippen molar-refractivity contribution in [1.82, 2.24) is 5.43 Å². The molecule has 0 saturated carbocycles. The standard InChI is InChI=1S/C25H26N4O2/c1-3-29(4-2)21-16-14-19(15-17-21)18-26-28-25(31)22-12-8-9-13-23(22)27-24(30)20-10-6-5-7-11-20/h5-18H,3-4H2,1-2H3,(H,27,30)(H,28,31)/b26-18+. The Labute approximate surface area is 182 Å². The maximum Gasteiger partial charge on any atom is 0.273 e. The van der Waals surface area contributed by atoms with Gasteiger partial charge in [0.15, 0.2) is 0 Å². The number of benzene rings is 3. The van der Waals surface area contributed by atoms with E-state index >= 15 is 0 Å². The van der Waals surface area contributed by atoms with Gasteiger partial charge in [0.05, 0.1) is 17.5 Å². The first-order valence-electron chi connectivity index (χ1n) is 10.3. The molecule has 0 bridgehead atoms. The van der Waals surface area contributed by atoms with Crippen LogP contribution in [-0.4, -0.2) is 31.1 Å². The van der Waals surface area contributed by atoms with Gasteiger partial charge in [-0.15, -0.1) is 0 Å². The molecule has 0 radical (unpaired) electrons. The van der Waals surface area contributed by atoms with Crippen molar-refractivity contribution in [2.24, 2.45) is 5.10 Å². The van der Waals surface area contributed by atoms with Crippen molar-refractivity contribution in [3.8, 4) is 0 Å². The van der Waals surface area contributed by atoms with Gasteiger partial charge in [-0.25, -0.2) is 5.43 Å². The SMILES string of the molecule is CCN(CC)c1ccc(/C=N/NC(=O)c2ccccc2NC(=O)c2ccccc2)cc1. The lowest BCUT2D eigenvalue weighted by Gasteiger charge is -2.20. The average Bonchev–Trinajstić information content (AvgIpc) is 2.81. The molecular weight excluding hydrogens is 388 g/mol. The summed E-state index contributed by atoms with van der Waals surface area (Å²) in [5, 5.41) is 6.85. The third kappa shape index (κ3) is 5.79. The van der Waals surface area contributed by atoms with E-state index in [2.05, 4.69) is 34.6 Å². The number of hydrogen-bond acceptors (Lipinski definition) is 4. The van der Waals surface area contributed by atoms with Crippen LogP contribution in [0.1, 0.15) is 40.1 Å². The second-order valence-corrected chi connectivity index (χ2v) is 6.83. The lowest BCUT2D eigenvalue weighted by molar-refractivity contribution is 0.0956. The quantitative estimate of drug-likeness (QED) is 0.420. The van der Waals surface area contributed by atoms with Crippen molar-refractivity contribution in [3.05, 3.63) is 95.6 Å². The molecule has 0 aliphatic heterocycles. The van der Waals surface area contributed by atoms with Crippen LogP contribution in [0.5, 0.6) is 0 Å². The minimum Gasteiger partial charge on any atom is -0.372 e. The summed E-state index contributed by atoms with van der Waals surface area (Å²) in [6, 6.07) is 23.7. The number of carbonyl (C=O) groups is 2. The number of hydrogen-bond donors (Lipinski definition) is 2. The molecule has 3 aromatic rings. The van der Waals surface area contributed by atoms with E-state index in [0.717, 1.165) is 24.3 Å². The zero-order valence-electron chi connectivity index (χ0n) is 17.7. The van der Waals surface area contributed by atoms with Crippen LogP contribution >= 0.6 is 0 Å². The summed E-state index contributed by atoms with van der Waals surface area (Å²) in [4.78, 5) is 27.3. The van der Waals surface area contributed by atoms with Gasteiger partial charge in [0.2, 0.25) is 0 Å². The number of carbonyl (C=O) groups excluding carboxylic acids is 2. The summed E-state index contributed by atoms with van der Waals surface area (Å²) >= 11 is 0. The molecule has 3 rings (SSSR count). The summed E-state index contributed by atoms with van der Waals surface area (Å²) in [6.45, 7) is 6.13. The van der Waals surface area contributed by atoms with Gasteiger partial charge in [0, 0.05) is 24.3 Å². The molecule has 2 amide bonds. The molecule has 158 valence electrons. The van der Waals surface area contributed by atoms with Gasteiger partial charge in [-0.2, -0.15) is 5.10 Å². The fourth-order valence-electron chi connectivity index (χ4n) is 3.16. The molecule has 0 unspecified atom stereocenters. The normalized spacial score (nSPS) is 10.6. The predicted molar refractivity (Wildman–Crippen MR) is 126 cm³/mol. The molecule has 6 nitrogen and oxygen atoms in total. The van der Waals surface area contributed by atoms with Gasteiger partial charge in [0.25, 0.3) is 11.8 Å². The van der Waals surface area contributed by atoms with Crippen molar-refractivity contribution >= 4 is 29.4 Å².